The Kier molecular flexibility index (Phi) is 1.75. The molecule has 3 nitrogen and oxygen atoms in total. The Bertz CT molecular complexity index is 781. The summed E-state index contributed by atoms with van der Waals surface area (Å²) >= 11 is 0. The fraction of sp³-hybridized carbons (Fsp3) is 0.0667. The number of aryl methyl sites for hydroxylation is 1. The lowest BCUT2D eigenvalue weighted by Gasteiger charge is -2.19. The van der Waals surface area contributed by atoms with Gasteiger partial charge in [0.05, 0.1) is 10.9 Å². The van der Waals surface area contributed by atoms with Crippen molar-refractivity contribution in [2.75, 3.05) is 0 Å². The van der Waals surface area contributed by atoms with Crippen LogP contribution in [0.4, 0.5) is 0 Å². The third-order valence-electron chi connectivity index (χ3n) is 3.19. The van der Waals surface area contributed by atoms with Gasteiger partial charge in [-0.2, -0.15) is 4.98 Å². The standard InChI is InChI=1S/C15H10N2O/c1-9-16-12-7-4-6-11-10-5-2-3-8-13(10)18-15(17-9)14(11)12/h2-8H,1H3. The van der Waals surface area contributed by atoms with Gasteiger partial charge in [-0.3, -0.25) is 0 Å². The summed E-state index contributed by atoms with van der Waals surface area (Å²) in [6.45, 7) is 1.88. The first kappa shape index (κ1) is 9.59. The van der Waals surface area contributed by atoms with Crippen LogP contribution in [-0.2, 0) is 0 Å². The zero-order chi connectivity index (χ0) is 12.1. The molecule has 0 N–H and O–H groups in total. The molecule has 1 aliphatic rings. The summed E-state index contributed by atoms with van der Waals surface area (Å²) in [7, 11) is 0. The van der Waals surface area contributed by atoms with E-state index in [1.165, 1.54) is 0 Å². The van der Waals surface area contributed by atoms with Crippen molar-refractivity contribution in [1.82, 2.24) is 9.97 Å². The Balaban J connectivity index is 2.20. The van der Waals surface area contributed by atoms with Crippen molar-refractivity contribution in [3.63, 3.8) is 0 Å². The Morgan fingerprint density at radius 2 is 1.72 bits per heavy atom. The number of aromatic nitrogens is 2. The molecule has 0 saturated heterocycles. The van der Waals surface area contributed by atoms with Gasteiger partial charge in [0.1, 0.15) is 11.6 Å². The van der Waals surface area contributed by atoms with Gasteiger partial charge in [0, 0.05) is 11.1 Å². The molecule has 4 rings (SSSR count). The minimum absolute atomic E-state index is 0.659. The first-order valence-corrected chi connectivity index (χ1v) is 5.87. The topological polar surface area (TPSA) is 35.0 Å². The van der Waals surface area contributed by atoms with Crippen LogP contribution < -0.4 is 4.74 Å². The minimum atomic E-state index is 0.659. The van der Waals surface area contributed by atoms with Crippen LogP contribution in [0.15, 0.2) is 42.5 Å². The molecular formula is C15H10N2O. The lowest BCUT2D eigenvalue weighted by atomic mass is 9.98. The third kappa shape index (κ3) is 1.19. The predicted molar refractivity (Wildman–Crippen MR) is 69.8 cm³/mol. The van der Waals surface area contributed by atoms with Gasteiger partial charge < -0.3 is 4.74 Å². The van der Waals surface area contributed by atoms with Crippen molar-refractivity contribution in [1.29, 1.82) is 0 Å². The molecule has 0 fully saturated rings. The number of benzene rings is 2. The van der Waals surface area contributed by atoms with Crippen molar-refractivity contribution in [2.24, 2.45) is 0 Å². The number of para-hydroxylation sites is 1. The number of hydrogen-bond donors (Lipinski definition) is 0. The van der Waals surface area contributed by atoms with E-state index >= 15 is 0 Å². The predicted octanol–water partition coefficient (Wildman–Crippen LogP) is 3.71. The molecule has 0 spiro atoms. The monoisotopic (exact) mass is 234 g/mol. The van der Waals surface area contributed by atoms with Crippen LogP contribution in [0.2, 0.25) is 0 Å². The zero-order valence-electron chi connectivity index (χ0n) is 9.84. The van der Waals surface area contributed by atoms with E-state index in [1.807, 2.05) is 37.3 Å². The summed E-state index contributed by atoms with van der Waals surface area (Å²) in [5.41, 5.74) is 3.18. The van der Waals surface area contributed by atoms with Crippen molar-refractivity contribution < 1.29 is 4.74 Å². The molecular weight excluding hydrogens is 224 g/mol. The second-order valence-corrected chi connectivity index (χ2v) is 4.37. The van der Waals surface area contributed by atoms with Crippen LogP contribution in [0.1, 0.15) is 5.82 Å². The molecule has 1 aromatic heterocycles. The van der Waals surface area contributed by atoms with Gasteiger partial charge in [-0.15, -0.1) is 0 Å². The molecule has 3 heteroatoms. The van der Waals surface area contributed by atoms with Crippen LogP contribution in [0, 0.1) is 6.92 Å². The lowest BCUT2D eigenvalue weighted by Crippen LogP contribution is -2.01. The van der Waals surface area contributed by atoms with E-state index < -0.39 is 0 Å². The molecule has 0 radical (unpaired) electrons. The normalized spacial score (nSPS) is 12.1. The maximum absolute atomic E-state index is 5.88. The van der Waals surface area contributed by atoms with E-state index in [1.54, 1.807) is 0 Å². The molecule has 0 unspecified atom stereocenters. The molecule has 86 valence electrons. The summed E-state index contributed by atoms with van der Waals surface area (Å²) in [6.07, 6.45) is 0. The number of hydrogen-bond acceptors (Lipinski definition) is 3. The lowest BCUT2D eigenvalue weighted by molar-refractivity contribution is 0.465. The molecule has 2 heterocycles. The molecule has 1 aliphatic heterocycles. The smallest absolute Gasteiger partial charge is 0.231 e. The number of nitrogens with zero attached hydrogens (tertiary/aromatic N) is 2. The zero-order valence-corrected chi connectivity index (χ0v) is 9.84. The van der Waals surface area contributed by atoms with Gasteiger partial charge in [0.2, 0.25) is 5.88 Å². The van der Waals surface area contributed by atoms with Gasteiger partial charge >= 0.3 is 0 Å². The molecule has 18 heavy (non-hydrogen) atoms. The molecule has 0 atom stereocenters. The van der Waals surface area contributed by atoms with Crippen LogP contribution in [0.25, 0.3) is 22.0 Å². The second-order valence-electron chi connectivity index (χ2n) is 4.37. The molecule has 0 bridgehead atoms. The van der Waals surface area contributed by atoms with Crippen molar-refractivity contribution in [2.45, 2.75) is 6.92 Å². The molecule has 2 aromatic carbocycles. The Hall–Kier alpha value is -2.42. The molecule has 0 saturated carbocycles. The summed E-state index contributed by atoms with van der Waals surface area (Å²) in [5.74, 6) is 2.25. The van der Waals surface area contributed by atoms with E-state index in [-0.39, 0.29) is 0 Å². The number of rotatable bonds is 0. The summed E-state index contributed by atoms with van der Waals surface area (Å²) in [6, 6.07) is 14.1. The van der Waals surface area contributed by atoms with Crippen LogP contribution in [0.5, 0.6) is 11.6 Å². The highest BCUT2D eigenvalue weighted by Gasteiger charge is 2.21. The Labute approximate surface area is 104 Å². The quantitative estimate of drug-likeness (QED) is 0.465. The van der Waals surface area contributed by atoms with E-state index in [0.717, 1.165) is 33.6 Å². The number of ether oxygens (including phenoxy) is 1. The Morgan fingerprint density at radius 1 is 0.889 bits per heavy atom. The maximum Gasteiger partial charge on any atom is 0.231 e. The highest BCUT2D eigenvalue weighted by molar-refractivity contribution is 6.01. The average Bonchev–Trinajstić information content (AvgIpc) is 2.38. The van der Waals surface area contributed by atoms with Crippen molar-refractivity contribution in [3.05, 3.63) is 48.3 Å². The molecule has 3 aromatic rings. The van der Waals surface area contributed by atoms with Gasteiger partial charge in [0.25, 0.3) is 0 Å². The van der Waals surface area contributed by atoms with Crippen LogP contribution in [0.3, 0.4) is 0 Å². The Morgan fingerprint density at radius 3 is 2.67 bits per heavy atom. The van der Waals surface area contributed by atoms with E-state index in [0.29, 0.717) is 5.88 Å². The van der Waals surface area contributed by atoms with Crippen molar-refractivity contribution >= 4 is 10.9 Å². The van der Waals surface area contributed by atoms with Gasteiger partial charge in [-0.1, -0.05) is 30.3 Å². The third-order valence-corrected chi connectivity index (χ3v) is 3.19. The average molecular weight is 234 g/mol. The summed E-state index contributed by atoms with van der Waals surface area (Å²) < 4.78 is 5.88. The highest BCUT2D eigenvalue weighted by Crippen LogP contribution is 2.44. The maximum atomic E-state index is 5.88. The second kappa shape index (κ2) is 3.29. The highest BCUT2D eigenvalue weighted by atomic mass is 16.5. The summed E-state index contributed by atoms with van der Waals surface area (Å²) in [5, 5.41) is 1.00. The van der Waals surface area contributed by atoms with E-state index in [4.69, 9.17) is 4.74 Å². The molecule has 0 aliphatic carbocycles. The van der Waals surface area contributed by atoms with Crippen LogP contribution >= 0.6 is 0 Å². The van der Waals surface area contributed by atoms with Gasteiger partial charge in [-0.25, -0.2) is 4.98 Å². The van der Waals surface area contributed by atoms with E-state index in [2.05, 4.69) is 22.1 Å². The number of fused-ring (bicyclic) bond motifs is 2. The summed E-state index contributed by atoms with van der Waals surface area (Å²) in [4.78, 5) is 8.86. The molecule has 0 amide bonds. The fourth-order valence-corrected chi connectivity index (χ4v) is 2.44. The van der Waals surface area contributed by atoms with Crippen LogP contribution in [-0.4, -0.2) is 9.97 Å². The van der Waals surface area contributed by atoms with Gasteiger partial charge in [-0.05, 0) is 19.1 Å². The van der Waals surface area contributed by atoms with E-state index in [9.17, 15) is 0 Å². The SMILES string of the molecule is Cc1nc2c3c(cccc3n1)-c1ccccc1O2. The minimum Gasteiger partial charge on any atom is -0.438 e. The largest absolute Gasteiger partial charge is 0.438 e. The first-order chi connectivity index (χ1) is 8.83. The van der Waals surface area contributed by atoms with Gasteiger partial charge in [0.15, 0.2) is 0 Å². The van der Waals surface area contributed by atoms with Crippen molar-refractivity contribution in [3.8, 4) is 22.8 Å². The first-order valence-electron chi connectivity index (χ1n) is 5.87. The fourth-order valence-electron chi connectivity index (χ4n) is 2.44.